The summed E-state index contributed by atoms with van der Waals surface area (Å²) in [5.41, 5.74) is 1.25. The van der Waals surface area contributed by atoms with Crippen LogP contribution in [0.1, 0.15) is 41.6 Å². The molecule has 4 rings (SSSR count). The number of furan rings is 1. The van der Waals surface area contributed by atoms with Crippen LogP contribution in [0.15, 0.2) is 95.4 Å². The molecule has 0 saturated heterocycles. The van der Waals surface area contributed by atoms with E-state index in [1.807, 2.05) is 91.0 Å². The van der Waals surface area contributed by atoms with Crippen LogP contribution >= 0.6 is 0 Å². The average Bonchev–Trinajstić information content (AvgIpc) is 3.38. The Bertz CT molecular complexity index is 1140. The Balaban J connectivity index is 1.62. The van der Waals surface area contributed by atoms with Gasteiger partial charge in [-0.1, -0.05) is 67.6 Å². The maximum absolute atomic E-state index is 12.0. The van der Waals surface area contributed by atoms with E-state index in [0.29, 0.717) is 12.3 Å². The summed E-state index contributed by atoms with van der Waals surface area (Å²) in [5.74, 6) is 2.84. The molecule has 0 amide bonds. The van der Waals surface area contributed by atoms with E-state index in [4.69, 9.17) is 13.9 Å². The molecule has 182 valence electrons. The SMILES string of the molecule is CCCN(Cc1cc(OC)cc(OC)c1)Cc1ccc(C(O)(c2ccccc2)c2ccccc2)o1. The summed E-state index contributed by atoms with van der Waals surface area (Å²) in [6, 6.07) is 29.1. The minimum absolute atomic E-state index is 0.504. The number of methoxy groups -OCH3 is 2. The summed E-state index contributed by atoms with van der Waals surface area (Å²) in [5, 5.41) is 12.0. The van der Waals surface area contributed by atoms with Crippen molar-refractivity contribution in [2.75, 3.05) is 20.8 Å². The molecule has 0 radical (unpaired) electrons. The molecule has 0 unspecified atom stereocenters. The molecule has 1 N–H and O–H groups in total. The lowest BCUT2D eigenvalue weighted by Gasteiger charge is -2.27. The maximum atomic E-state index is 12.0. The second kappa shape index (κ2) is 11.3. The van der Waals surface area contributed by atoms with Crippen molar-refractivity contribution < 1.29 is 19.0 Å². The highest BCUT2D eigenvalue weighted by Gasteiger charge is 2.37. The minimum atomic E-state index is -1.38. The van der Waals surface area contributed by atoms with Crippen LogP contribution in [0.5, 0.6) is 11.5 Å². The fourth-order valence-electron chi connectivity index (χ4n) is 4.43. The fraction of sp³-hybridized carbons (Fsp3) is 0.267. The predicted molar refractivity (Wildman–Crippen MR) is 138 cm³/mol. The zero-order valence-electron chi connectivity index (χ0n) is 20.6. The zero-order chi connectivity index (χ0) is 24.7. The third kappa shape index (κ3) is 5.59. The van der Waals surface area contributed by atoms with Crippen molar-refractivity contribution in [2.45, 2.75) is 32.0 Å². The lowest BCUT2D eigenvalue weighted by atomic mass is 9.84. The Morgan fingerprint density at radius 3 is 1.86 bits per heavy atom. The minimum Gasteiger partial charge on any atom is -0.497 e. The van der Waals surface area contributed by atoms with Crippen molar-refractivity contribution in [3.63, 3.8) is 0 Å². The quantitative estimate of drug-likeness (QED) is 0.291. The molecule has 0 atom stereocenters. The number of aliphatic hydroxyl groups is 1. The summed E-state index contributed by atoms with van der Waals surface area (Å²) in [4.78, 5) is 2.32. The van der Waals surface area contributed by atoms with Crippen LogP contribution in [0.2, 0.25) is 0 Å². The van der Waals surface area contributed by atoms with Gasteiger partial charge in [-0.25, -0.2) is 0 Å². The first-order valence-electron chi connectivity index (χ1n) is 11.9. The van der Waals surface area contributed by atoms with Crippen molar-refractivity contribution in [3.8, 4) is 11.5 Å². The summed E-state index contributed by atoms with van der Waals surface area (Å²) in [6.45, 7) is 4.40. The lowest BCUT2D eigenvalue weighted by Crippen LogP contribution is -2.28. The van der Waals surface area contributed by atoms with Crippen LogP contribution in [0.25, 0.3) is 0 Å². The molecule has 4 aromatic rings. The van der Waals surface area contributed by atoms with E-state index in [1.165, 1.54) is 0 Å². The van der Waals surface area contributed by atoms with E-state index < -0.39 is 5.60 Å². The van der Waals surface area contributed by atoms with E-state index >= 15 is 0 Å². The van der Waals surface area contributed by atoms with Crippen LogP contribution < -0.4 is 9.47 Å². The van der Waals surface area contributed by atoms with Gasteiger partial charge in [0.25, 0.3) is 0 Å². The first-order valence-corrected chi connectivity index (χ1v) is 11.9. The Morgan fingerprint density at radius 2 is 1.34 bits per heavy atom. The third-order valence-electron chi connectivity index (χ3n) is 6.14. The van der Waals surface area contributed by atoms with Gasteiger partial charge in [-0.3, -0.25) is 4.90 Å². The average molecular weight is 472 g/mol. The van der Waals surface area contributed by atoms with Gasteiger partial charge in [0.2, 0.25) is 0 Å². The fourth-order valence-corrected chi connectivity index (χ4v) is 4.43. The number of rotatable bonds is 11. The summed E-state index contributed by atoms with van der Waals surface area (Å²) in [6.07, 6.45) is 1.01. The topological polar surface area (TPSA) is 55.1 Å². The Labute approximate surface area is 207 Å². The van der Waals surface area contributed by atoms with Crippen molar-refractivity contribution in [1.29, 1.82) is 0 Å². The van der Waals surface area contributed by atoms with Gasteiger partial charge in [-0.05, 0) is 53.9 Å². The standard InChI is InChI=1S/C30H33NO4/c1-4-17-31(21-23-18-27(33-2)20-28(19-23)34-3)22-26-15-16-29(35-26)30(32,24-11-7-5-8-12-24)25-13-9-6-10-14-25/h5-16,18-20,32H,4,17,21-22H2,1-3H3. The van der Waals surface area contributed by atoms with Crippen LogP contribution in [0.3, 0.4) is 0 Å². The van der Waals surface area contributed by atoms with Crippen molar-refractivity contribution in [1.82, 2.24) is 4.90 Å². The van der Waals surface area contributed by atoms with E-state index in [-0.39, 0.29) is 0 Å². The highest BCUT2D eigenvalue weighted by molar-refractivity contribution is 5.44. The molecule has 5 heteroatoms. The van der Waals surface area contributed by atoms with Gasteiger partial charge in [-0.2, -0.15) is 0 Å². The van der Waals surface area contributed by atoms with E-state index in [1.54, 1.807) is 14.2 Å². The van der Waals surface area contributed by atoms with E-state index in [2.05, 4.69) is 11.8 Å². The number of hydrogen-bond acceptors (Lipinski definition) is 5. The second-order valence-electron chi connectivity index (χ2n) is 8.64. The number of hydrogen-bond donors (Lipinski definition) is 1. The molecule has 35 heavy (non-hydrogen) atoms. The number of ether oxygens (including phenoxy) is 2. The van der Waals surface area contributed by atoms with Gasteiger partial charge in [0.15, 0.2) is 5.60 Å². The lowest BCUT2D eigenvalue weighted by molar-refractivity contribution is 0.0952. The normalized spacial score (nSPS) is 11.6. The Hall–Kier alpha value is -3.54. The Kier molecular flexibility index (Phi) is 7.91. The smallest absolute Gasteiger partial charge is 0.173 e. The van der Waals surface area contributed by atoms with Gasteiger partial charge in [-0.15, -0.1) is 0 Å². The molecule has 0 spiro atoms. The monoisotopic (exact) mass is 471 g/mol. The summed E-state index contributed by atoms with van der Waals surface area (Å²) >= 11 is 0. The first-order chi connectivity index (χ1) is 17.1. The van der Waals surface area contributed by atoms with Crippen LogP contribution in [0, 0.1) is 0 Å². The molecule has 1 aromatic heterocycles. The highest BCUT2D eigenvalue weighted by atomic mass is 16.5. The second-order valence-corrected chi connectivity index (χ2v) is 8.64. The van der Waals surface area contributed by atoms with Gasteiger partial charge < -0.3 is 19.0 Å². The molecule has 0 bridgehead atoms. The molecule has 3 aromatic carbocycles. The van der Waals surface area contributed by atoms with Crippen molar-refractivity contribution >= 4 is 0 Å². The molecule has 0 aliphatic rings. The summed E-state index contributed by atoms with van der Waals surface area (Å²) < 4.78 is 17.2. The van der Waals surface area contributed by atoms with Gasteiger partial charge in [0.1, 0.15) is 23.0 Å². The maximum Gasteiger partial charge on any atom is 0.173 e. The number of benzene rings is 3. The van der Waals surface area contributed by atoms with Crippen LogP contribution in [0.4, 0.5) is 0 Å². The van der Waals surface area contributed by atoms with Gasteiger partial charge in [0, 0.05) is 12.6 Å². The molecule has 5 nitrogen and oxygen atoms in total. The van der Waals surface area contributed by atoms with Crippen molar-refractivity contribution in [3.05, 3.63) is 119 Å². The summed E-state index contributed by atoms with van der Waals surface area (Å²) in [7, 11) is 3.32. The van der Waals surface area contributed by atoms with Crippen LogP contribution in [-0.2, 0) is 18.7 Å². The third-order valence-corrected chi connectivity index (χ3v) is 6.14. The number of nitrogens with zero attached hydrogens (tertiary/aromatic N) is 1. The van der Waals surface area contributed by atoms with Crippen molar-refractivity contribution in [2.24, 2.45) is 0 Å². The zero-order valence-corrected chi connectivity index (χ0v) is 20.6. The Morgan fingerprint density at radius 1 is 0.771 bits per heavy atom. The molecule has 0 fully saturated rings. The predicted octanol–water partition coefficient (Wildman–Crippen LogP) is 5.99. The highest BCUT2D eigenvalue weighted by Crippen LogP contribution is 2.37. The molecule has 0 saturated carbocycles. The van der Waals surface area contributed by atoms with E-state index in [0.717, 1.165) is 53.5 Å². The molecule has 0 aliphatic carbocycles. The van der Waals surface area contributed by atoms with Gasteiger partial charge in [0.05, 0.1) is 20.8 Å². The first kappa shape index (κ1) is 24.6. The molecular weight excluding hydrogens is 438 g/mol. The molecule has 1 heterocycles. The van der Waals surface area contributed by atoms with Gasteiger partial charge >= 0.3 is 0 Å². The molecule has 0 aliphatic heterocycles. The van der Waals surface area contributed by atoms with Crippen LogP contribution in [-0.4, -0.2) is 30.8 Å². The van der Waals surface area contributed by atoms with E-state index in [9.17, 15) is 5.11 Å². The molecular formula is C30H33NO4. The largest absolute Gasteiger partial charge is 0.497 e.